The summed E-state index contributed by atoms with van der Waals surface area (Å²) in [4.78, 5) is 23.6. The predicted molar refractivity (Wildman–Crippen MR) is 164 cm³/mol. The van der Waals surface area contributed by atoms with E-state index >= 15 is 0 Å². The average molecular weight is 582 g/mol. The lowest BCUT2D eigenvalue weighted by Gasteiger charge is -2.18. The summed E-state index contributed by atoms with van der Waals surface area (Å²) < 4.78 is 27.3. The number of halogens is 1. The molecule has 0 unspecified atom stereocenters. The van der Waals surface area contributed by atoms with Crippen LogP contribution in [0.5, 0.6) is 5.75 Å². The Morgan fingerprint density at radius 3 is 2.91 bits per heavy atom. The van der Waals surface area contributed by atoms with Crippen molar-refractivity contribution in [3.05, 3.63) is 90.7 Å². The molecule has 0 radical (unpaired) electrons. The Bertz CT molecular complexity index is 1800. The van der Waals surface area contributed by atoms with E-state index in [-0.39, 0.29) is 17.8 Å². The lowest BCUT2D eigenvalue weighted by molar-refractivity contribution is -0.111. The second-order valence-corrected chi connectivity index (χ2v) is 10.7. The van der Waals surface area contributed by atoms with E-state index in [9.17, 15) is 9.18 Å². The number of nitrogens with zero attached hydrogens (tertiary/aromatic N) is 5. The first-order valence-corrected chi connectivity index (χ1v) is 14.0. The molecule has 1 aliphatic heterocycles. The van der Waals surface area contributed by atoms with Crippen LogP contribution >= 0.6 is 0 Å². The number of aromatic nitrogens is 4. The molecule has 1 saturated heterocycles. The van der Waals surface area contributed by atoms with Crippen LogP contribution in [0, 0.1) is 5.82 Å². The minimum absolute atomic E-state index is 0.121. The van der Waals surface area contributed by atoms with Crippen LogP contribution in [0.3, 0.4) is 0 Å². The molecule has 0 aliphatic carbocycles. The highest BCUT2D eigenvalue weighted by Gasteiger charge is 2.21. The van der Waals surface area contributed by atoms with Gasteiger partial charge in [-0.2, -0.15) is 5.10 Å². The van der Waals surface area contributed by atoms with Crippen molar-refractivity contribution in [2.45, 2.75) is 19.1 Å². The second-order valence-electron chi connectivity index (χ2n) is 10.7. The summed E-state index contributed by atoms with van der Waals surface area (Å²) in [6.45, 7) is 2.22. The van der Waals surface area contributed by atoms with Crippen molar-refractivity contribution >= 4 is 44.9 Å². The zero-order chi connectivity index (χ0) is 29.8. The van der Waals surface area contributed by atoms with Gasteiger partial charge in [0, 0.05) is 35.5 Å². The molecular weight excluding hydrogens is 549 g/mol. The third kappa shape index (κ3) is 6.79. The van der Waals surface area contributed by atoms with Gasteiger partial charge in [-0.1, -0.05) is 18.2 Å². The minimum Gasteiger partial charge on any atom is -0.486 e. The topological polar surface area (TPSA) is 106 Å². The number of hydrogen-bond acceptors (Lipinski definition) is 8. The van der Waals surface area contributed by atoms with Crippen molar-refractivity contribution in [2.24, 2.45) is 0 Å². The molecule has 10 nitrogen and oxygen atoms in total. The third-order valence-electron chi connectivity index (χ3n) is 7.04. The molecule has 1 atom stereocenters. The maximum absolute atomic E-state index is 13.7. The van der Waals surface area contributed by atoms with Gasteiger partial charge in [-0.25, -0.2) is 14.4 Å². The van der Waals surface area contributed by atoms with Crippen molar-refractivity contribution in [1.29, 1.82) is 0 Å². The van der Waals surface area contributed by atoms with Gasteiger partial charge in [-0.05, 0) is 62.1 Å². The van der Waals surface area contributed by atoms with Crippen LogP contribution in [0.1, 0.15) is 12.0 Å². The van der Waals surface area contributed by atoms with Gasteiger partial charge in [0.15, 0.2) is 0 Å². The molecule has 2 aromatic heterocycles. The number of fused-ring (bicyclic) bond motifs is 2. The zero-order valence-corrected chi connectivity index (χ0v) is 24.0. The van der Waals surface area contributed by atoms with Crippen molar-refractivity contribution in [3.63, 3.8) is 0 Å². The van der Waals surface area contributed by atoms with E-state index in [4.69, 9.17) is 9.47 Å². The fourth-order valence-electron chi connectivity index (χ4n) is 4.94. The molecule has 0 saturated carbocycles. The van der Waals surface area contributed by atoms with Crippen LogP contribution in [0.4, 0.5) is 21.6 Å². The number of hydrogen-bond donors (Lipinski definition) is 2. The Balaban J connectivity index is 1.28. The van der Waals surface area contributed by atoms with E-state index in [1.54, 1.807) is 24.4 Å². The van der Waals surface area contributed by atoms with Crippen LogP contribution in [0.15, 0.2) is 79.3 Å². The third-order valence-corrected chi connectivity index (χ3v) is 7.04. The first kappa shape index (κ1) is 28.3. The molecule has 6 rings (SSSR count). The highest BCUT2D eigenvalue weighted by Crippen LogP contribution is 2.35. The number of carbonyl (C=O) groups excluding carboxylic acids is 1. The summed E-state index contributed by atoms with van der Waals surface area (Å²) in [5.74, 6) is 0.582. The number of amides is 1. The molecule has 0 spiro atoms. The van der Waals surface area contributed by atoms with Gasteiger partial charge in [-0.15, -0.1) is 0 Å². The Morgan fingerprint density at radius 2 is 2.09 bits per heavy atom. The average Bonchev–Trinajstić information content (AvgIpc) is 3.63. The molecule has 220 valence electrons. The summed E-state index contributed by atoms with van der Waals surface area (Å²) in [6.07, 6.45) is 7.22. The number of ether oxygens (including phenoxy) is 2. The summed E-state index contributed by atoms with van der Waals surface area (Å²) in [7, 11) is 3.87. The molecule has 1 fully saturated rings. The molecular formula is C32H32FN7O3. The highest BCUT2D eigenvalue weighted by molar-refractivity contribution is 6.03. The molecule has 3 aromatic carbocycles. The normalized spacial score (nSPS) is 15.1. The van der Waals surface area contributed by atoms with E-state index in [1.807, 2.05) is 54.0 Å². The fraction of sp³-hybridized carbons (Fsp3) is 0.250. The molecule has 1 aliphatic rings. The van der Waals surface area contributed by atoms with Crippen LogP contribution in [0.25, 0.3) is 21.8 Å². The fourth-order valence-corrected chi connectivity index (χ4v) is 4.94. The lowest BCUT2D eigenvalue weighted by Crippen LogP contribution is -2.18. The van der Waals surface area contributed by atoms with E-state index in [1.165, 1.54) is 24.5 Å². The van der Waals surface area contributed by atoms with Gasteiger partial charge in [0.2, 0.25) is 5.91 Å². The SMILES string of the molecule is CN(C)C/C=C/C(=O)Nc1cc2ncnc(Nc3ccc4c(cnn4Cc4cccc(F)c4)c3)c2cc1O[C@@H]1CCOC1. The van der Waals surface area contributed by atoms with Gasteiger partial charge in [0.05, 0.1) is 42.7 Å². The minimum atomic E-state index is -0.269. The summed E-state index contributed by atoms with van der Waals surface area (Å²) >= 11 is 0. The lowest BCUT2D eigenvalue weighted by atomic mass is 10.1. The molecule has 5 aromatic rings. The van der Waals surface area contributed by atoms with Crippen LogP contribution in [-0.4, -0.2) is 70.5 Å². The summed E-state index contributed by atoms with van der Waals surface area (Å²) in [5, 5.41) is 12.5. The Hall–Kier alpha value is -4.87. The van der Waals surface area contributed by atoms with Gasteiger partial charge < -0.3 is 25.0 Å². The van der Waals surface area contributed by atoms with Gasteiger partial charge in [0.25, 0.3) is 0 Å². The van der Waals surface area contributed by atoms with Crippen molar-refractivity contribution in [2.75, 3.05) is 44.5 Å². The monoisotopic (exact) mass is 581 g/mol. The number of anilines is 3. The molecule has 0 bridgehead atoms. The van der Waals surface area contributed by atoms with Gasteiger partial charge in [0.1, 0.15) is 29.8 Å². The molecule has 1 amide bonds. The predicted octanol–water partition coefficient (Wildman–Crippen LogP) is 5.13. The Labute approximate surface area is 248 Å². The summed E-state index contributed by atoms with van der Waals surface area (Å²) in [5.41, 5.74) is 3.74. The number of nitrogens with one attached hydrogen (secondary N) is 2. The number of carbonyl (C=O) groups is 1. The van der Waals surface area contributed by atoms with Crippen molar-refractivity contribution in [1.82, 2.24) is 24.6 Å². The second kappa shape index (κ2) is 12.6. The van der Waals surface area contributed by atoms with Crippen molar-refractivity contribution < 1.29 is 18.7 Å². The molecule has 3 heterocycles. The maximum Gasteiger partial charge on any atom is 0.248 e. The molecule has 43 heavy (non-hydrogen) atoms. The number of benzene rings is 3. The highest BCUT2D eigenvalue weighted by atomic mass is 19.1. The van der Waals surface area contributed by atoms with E-state index < -0.39 is 0 Å². The number of likely N-dealkylation sites (N-methyl/N-ethyl adjacent to an activating group) is 1. The molecule has 2 N–H and O–H groups in total. The first-order valence-electron chi connectivity index (χ1n) is 14.0. The number of rotatable bonds is 10. The molecule has 11 heteroatoms. The largest absolute Gasteiger partial charge is 0.486 e. The van der Waals surface area contributed by atoms with Gasteiger partial charge in [-0.3, -0.25) is 9.48 Å². The Kier molecular flexibility index (Phi) is 8.25. The maximum atomic E-state index is 13.7. The standard InChI is InChI=1S/C32H32FN7O3/c1-39(2)11-4-7-31(41)38-28-16-27-26(15-30(28)43-25-10-12-42-19-25)32(35-20-34-27)37-24-8-9-29-22(14-24)17-36-40(29)18-21-5-3-6-23(33)13-21/h3-9,13-17,20,25H,10-12,18-19H2,1-2H3,(H,38,41)(H,34,35,37)/b7-4+/t25-/m1/s1. The summed E-state index contributed by atoms with van der Waals surface area (Å²) in [6, 6.07) is 16.1. The quantitative estimate of drug-likeness (QED) is 0.219. The van der Waals surface area contributed by atoms with E-state index in [2.05, 4.69) is 25.7 Å². The van der Waals surface area contributed by atoms with Crippen LogP contribution < -0.4 is 15.4 Å². The smallest absolute Gasteiger partial charge is 0.248 e. The first-order chi connectivity index (χ1) is 20.9. The van der Waals surface area contributed by atoms with Gasteiger partial charge >= 0.3 is 0 Å². The van der Waals surface area contributed by atoms with E-state index in [0.29, 0.717) is 49.1 Å². The van der Waals surface area contributed by atoms with E-state index in [0.717, 1.165) is 34.0 Å². The van der Waals surface area contributed by atoms with Crippen LogP contribution in [-0.2, 0) is 16.1 Å². The zero-order valence-electron chi connectivity index (χ0n) is 24.0. The van der Waals surface area contributed by atoms with Crippen molar-refractivity contribution in [3.8, 4) is 5.75 Å². The van der Waals surface area contributed by atoms with Crippen LogP contribution in [0.2, 0.25) is 0 Å². The Morgan fingerprint density at radius 1 is 1.19 bits per heavy atom.